The van der Waals surface area contributed by atoms with E-state index >= 15 is 0 Å². The van der Waals surface area contributed by atoms with Crippen molar-refractivity contribution in [1.29, 1.82) is 0 Å². The summed E-state index contributed by atoms with van der Waals surface area (Å²) in [5, 5.41) is 0.972. The molecule has 1 aliphatic carbocycles. The average Bonchev–Trinajstić information content (AvgIpc) is 3.49. The highest BCUT2D eigenvalue weighted by atomic mass is 19.2. The van der Waals surface area contributed by atoms with Gasteiger partial charge in [0.1, 0.15) is 12.4 Å². The fourth-order valence-corrected chi connectivity index (χ4v) is 3.28. The predicted octanol–water partition coefficient (Wildman–Crippen LogP) is 5.51. The topological polar surface area (TPSA) is 12.5 Å². The van der Waals surface area contributed by atoms with Crippen molar-refractivity contribution in [1.82, 2.24) is 5.12 Å². The molecule has 0 amide bonds. The first-order chi connectivity index (χ1) is 12.8. The van der Waals surface area contributed by atoms with Crippen LogP contribution in [-0.2, 0) is 13.2 Å². The van der Waals surface area contributed by atoms with Gasteiger partial charge in [0, 0.05) is 12.0 Å². The van der Waals surface area contributed by atoms with E-state index in [4.69, 9.17) is 4.74 Å². The summed E-state index contributed by atoms with van der Waals surface area (Å²) >= 11 is 0. The Bertz CT molecular complexity index is 820. The van der Waals surface area contributed by atoms with Crippen molar-refractivity contribution in [2.75, 3.05) is 0 Å². The molecule has 0 saturated heterocycles. The van der Waals surface area contributed by atoms with E-state index in [1.807, 2.05) is 72.8 Å². The van der Waals surface area contributed by atoms with Gasteiger partial charge < -0.3 is 4.74 Å². The second-order valence-corrected chi connectivity index (χ2v) is 6.80. The zero-order valence-electron chi connectivity index (χ0n) is 14.6. The highest BCUT2D eigenvalue weighted by Gasteiger charge is 2.43. The summed E-state index contributed by atoms with van der Waals surface area (Å²) in [7, 11) is 0. The third-order valence-corrected chi connectivity index (χ3v) is 4.85. The van der Waals surface area contributed by atoms with E-state index in [2.05, 4.69) is 12.1 Å². The zero-order chi connectivity index (χ0) is 17.8. The molecule has 0 bridgehead atoms. The standard InChI is InChI=1S/C23H22FNO/c24-25(16-18-7-3-1-4-8-18)23-15-22(23)20-11-13-21(14-12-20)26-17-19-9-5-2-6-10-19/h1-14,22-23H,15-17H2. The lowest BCUT2D eigenvalue weighted by molar-refractivity contribution is 0.00363. The van der Waals surface area contributed by atoms with Gasteiger partial charge in [-0.3, -0.25) is 0 Å². The first-order valence-electron chi connectivity index (χ1n) is 9.02. The molecule has 2 atom stereocenters. The Morgan fingerprint density at radius 3 is 2.08 bits per heavy atom. The quantitative estimate of drug-likeness (QED) is 0.523. The van der Waals surface area contributed by atoms with Crippen molar-refractivity contribution in [3.05, 3.63) is 102 Å². The Morgan fingerprint density at radius 2 is 1.42 bits per heavy atom. The van der Waals surface area contributed by atoms with Crippen molar-refractivity contribution in [2.45, 2.75) is 31.5 Å². The average molecular weight is 347 g/mol. The minimum absolute atomic E-state index is 0.0220. The Kier molecular flexibility index (Phi) is 4.98. The summed E-state index contributed by atoms with van der Waals surface area (Å²) < 4.78 is 20.2. The van der Waals surface area contributed by atoms with E-state index in [9.17, 15) is 4.48 Å². The van der Waals surface area contributed by atoms with Crippen LogP contribution in [0.1, 0.15) is 29.0 Å². The molecule has 1 fully saturated rings. The summed E-state index contributed by atoms with van der Waals surface area (Å²) in [6.07, 6.45) is 0.869. The Morgan fingerprint density at radius 1 is 0.808 bits per heavy atom. The van der Waals surface area contributed by atoms with Gasteiger partial charge in [-0.25, -0.2) is 0 Å². The molecule has 0 N–H and O–H groups in total. The Balaban J connectivity index is 1.30. The molecule has 0 radical (unpaired) electrons. The van der Waals surface area contributed by atoms with Crippen LogP contribution in [0.2, 0.25) is 0 Å². The molecule has 0 heterocycles. The molecular formula is C23H22FNO. The zero-order valence-corrected chi connectivity index (χ0v) is 14.6. The van der Waals surface area contributed by atoms with Gasteiger partial charge in [-0.15, -0.1) is 9.60 Å². The molecule has 0 spiro atoms. The number of hydrogen-bond donors (Lipinski definition) is 0. The van der Waals surface area contributed by atoms with Gasteiger partial charge >= 0.3 is 0 Å². The first kappa shape index (κ1) is 16.8. The molecule has 1 saturated carbocycles. The van der Waals surface area contributed by atoms with Crippen LogP contribution in [0.5, 0.6) is 5.75 Å². The Hall–Kier alpha value is -2.65. The van der Waals surface area contributed by atoms with E-state index in [0.29, 0.717) is 13.2 Å². The molecule has 3 heteroatoms. The summed E-state index contributed by atoms with van der Waals surface area (Å²) in [4.78, 5) is 0. The van der Waals surface area contributed by atoms with E-state index in [-0.39, 0.29) is 12.0 Å². The van der Waals surface area contributed by atoms with Crippen molar-refractivity contribution in [3.8, 4) is 5.75 Å². The largest absolute Gasteiger partial charge is 0.489 e. The number of halogens is 1. The van der Waals surface area contributed by atoms with Gasteiger partial charge in [0.05, 0.1) is 6.54 Å². The molecule has 2 unspecified atom stereocenters. The van der Waals surface area contributed by atoms with Gasteiger partial charge in [-0.05, 0) is 35.2 Å². The van der Waals surface area contributed by atoms with Crippen molar-refractivity contribution < 1.29 is 9.22 Å². The van der Waals surface area contributed by atoms with E-state index < -0.39 is 0 Å². The normalized spacial score (nSPS) is 18.7. The summed E-state index contributed by atoms with van der Waals surface area (Å²) in [5.41, 5.74) is 3.33. The van der Waals surface area contributed by atoms with Crippen molar-refractivity contribution in [2.24, 2.45) is 0 Å². The van der Waals surface area contributed by atoms with Gasteiger partial charge in [-0.2, -0.15) is 0 Å². The molecule has 4 rings (SSSR count). The van der Waals surface area contributed by atoms with Crippen LogP contribution in [0.3, 0.4) is 0 Å². The summed E-state index contributed by atoms with van der Waals surface area (Å²) in [6.45, 7) is 0.905. The number of benzene rings is 3. The maximum atomic E-state index is 14.4. The number of nitrogens with zero attached hydrogens (tertiary/aromatic N) is 1. The molecule has 3 aromatic carbocycles. The van der Waals surface area contributed by atoms with Crippen LogP contribution < -0.4 is 4.74 Å². The molecular weight excluding hydrogens is 325 g/mol. The minimum Gasteiger partial charge on any atom is -0.489 e. The third kappa shape index (κ3) is 4.12. The molecule has 132 valence electrons. The van der Waals surface area contributed by atoms with Crippen LogP contribution >= 0.6 is 0 Å². The van der Waals surface area contributed by atoms with Crippen LogP contribution in [0, 0.1) is 0 Å². The van der Waals surface area contributed by atoms with Gasteiger partial charge in [0.2, 0.25) is 0 Å². The Labute approximate surface area is 153 Å². The monoisotopic (exact) mass is 347 g/mol. The van der Waals surface area contributed by atoms with E-state index in [0.717, 1.165) is 28.4 Å². The molecule has 0 aliphatic heterocycles. The SMILES string of the molecule is FN(Cc1ccccc1)C1CC1c1ccc(OCc2ccccc2)cc1. The molecule has 26 heavy (non-hydrogen) atoms. The lowest BCUT2D eigenvalue weighted by atomic mass is 10.1. The number of ether oxygens (including phenoxy) is 1. The second kappa shape index (κ2) is 7.71. The van der Waals surface area contributed by atoms with Gasteiger partial charge in [-0.1, -0.05) is 72.8 Å². The van der Waals surface area contributed by atoms with Crippen molar-refractivity contribution >= 4 is 0 Å². The van der Waals surface area contributed by atoms with E-state index in [1.54, 1.807) is 0 Å². The fraction of sp³-hybridized carbons (Fsp3) is 0.217. The lowest BCUT2D eigenvalue weighted by Crippen LogP contribution is -2.16. The van der Waals surface area contributed by atoms with Gasteiger partial charge in [0.15, 0.2) is 0 Å². The number of hydrogen-bond acceptors (Lipinski definition) is 2. The lowest BCUT2D eigenvalue weighted by Gasteiger charge is -2.12. The van der Waals surface area contributed by atoms with Crippen LogP contribution in [0.4, 0.5) is 4.48 Å². The maximum absolute atomic E-state index is 14.4. The first-order valence-corrected chi connectivity index (χ1v) is 9.02. The highest BCUT2D eigenvalue weighted by Crippen LogP contribution is 2.45. The van der Waals surface area contributed by atoms with Crippen molar-refractivity contribution in [3.63, 3.8) is 0 Å². The smallest absolute Gasteiger partial charge is 0.119 e. The minimum atomic E-state index is -0.0220. The van der Waals surface area contributed by atoms with Gasteiger partial charge in [0.25, 0.3) is 0 Å². The molecule has 3 aromatic rings. The van der Waals surface area contributed by atoms with Crippen LogP contribution in [-0.4, -0.2) is 11.2 Å². The van der Waals surface area contributed by atoms with Crippen LogP contribution in [0.15, 0.2) is 84.9 Å². The molecule has 0 aromatic heterocycles. The number of rotatable bonds is 7. The second-order valence-electron chi connectivity index (χ2n) is 6.80. The molecule has 1 aliphatic rings. The van der Waals surface area contributed by atoms with Crippen LogP contribution in [0.25, 0.3) is 0 Å². The maximum Gasteiger partial charge on any atom is 0.119 e. The third-order valence-electron chi connectivity index (χ3n) is 4.85. The molecule has 2 nitrogen and oxygen atoms in total. The van der Waals surface area contributed by atoms with E-state index in [1.165, 1.54) is 5.56 Å². The highest BCUT2D eigenvalue weighted by molar-refractivity contribution is 5.34. The summed E-state index contributed by atoms with van der Waals surface area (Å²) in [5.74, 6) is 1.11. The fourth-order valence-electron chi connectivity index (χ4n) is 3.28. The summed E-state index contributed by atoms with van der Waals surface area (Å²) in [6, 6.07) is 27.9. The predicted molar refractivity (Wildman–Crippen MR) is 101 cm³/mol.